The van der Waals surface area contributed by atoms with Crippen LogP contribution in [0.25, 0.3) is 71.7 Å². The molecule has 0 atom stereocenters. The lowest BCUT2D eigenvalue weighted by molar-refractivity contribution is 0.669. The molecule has 0 unspecified atom stereocenters. The van der Waals surface area contributed by atoms with Crippen LogP contribution in [0, 0.1) is 0 Å². The molecule has 8 rings (SSSR count). The van der Waals surface area contributed by atoms with E-state index in [1.165, 1.54) is 38.5 Å². The van der Waals surface area contributed by atoms with Crippen LogP contribution in [0.5, 0.6) is 0 Å². The van der Waals surface area contributed by atoms with Gasteiger partial charge in [0.15, 0.2) is 0 Å². The molecule has 0 aliphatic carbocycles. The zero-order valence-electron chi connectivity index (χ0n) is 20.6. The largest absolute Gasteiger partial charge is 0.456 e. The van der Waals surface area contributed by atoms with Gasteiger partial charge in [-0.2, -0.15) is 0 Å². The fraction of sp³-hybridized carbons (Fsp3) is 0. The number of hydrogen-bond donors (Lipinski definition) is 0. The number of benzene rings is 6. The molecule has 2 aromatic heterocycles. The van der Waals surface area contributed by atoms with Crippen molar-refractivity contribution in [1.29, 1.82) is 0 Å². The van der Waals surface area contributed by atoms with Crippen molar-refractivity contribution in [3.05, 3.63) is 140 Å². The average Bonchev–Trinajstić information content (AvgIpc) is 3.52. The molecule has 0 amide bonds. The van der Waals surface area contributed by atoms with Crippen LogP contribution in [0.4, 0.5) is 0 Å². The number of hydrogen-bond acceptors (Lipinski definition) is 1. The lowest BCUT2D eigenvalue weighted by atomic mass is 10.0. The van der Waals surface area contributed by atoms with Gasteiger partial charge < -0.3 is 8.98 Å². The van der Waals surface area contributed by atoms with Crippen LogP contribution in [-0.2, 0) is 0 Å². The van der Waals surface area contributed by atoms with Gasteiger partial charge in [0.1, 0.15) is 11.2 Å². The second kappa shape index (κ2) is 8.22. The van der Waals surface area contributed by atoms with Gasteiger partial charge in [-0.3, -0.25) is 0 Å². The molecule has 0 spiro atoms. The van der Waals surface area contributed by atoms with Gasteiger partial charge in [0.2, 0.25) is 0 Å². The molecule has 178 valence electrons. The van der Waals surface area contributed by atoms with Crippen molar-refractivity contribution in [2.75, 3.05) is 0 Å². The summed E-state index contributed by atoms with van der Waals surface area (Å²) in [5.41, 5.74) is 10.1. The maximum absolute atomic E-state index is 6.44. The third-order valence-corrected chi connectivity index (χ3v) is 7.60. The number of nitrogens with zero attached hydrogens (tertiary/aromatic N) is 1. The zero-order chi connectivity index (χ0) is 25.1. The van der Waals surface area contributed by atoms with E-state index < -0.39 is 0 Å². The van der Waals surface area contributed by atoms with Gasteiger partial charge in [0.05, 0.1) is 11.0 Å². The number of fused-ring (bicyclic) bond motifs is 6. The fourth-order valence-corrected chi connectivity index (χ4v) is 5.78. The van der Waals surface area contributed by atoms with E-state index in [1.807, 2.05) is 6.07 Å². The van der Waals surface area contributed by atoms with E-state index in [-0.39, 0.29) is 0 Å². The molecular weight excluding hydrogens is 462 g/mol. The third kappa shape index (κ3) is 3.21. The van der Waals surface area contributed by atoms with E-state index in [1.54, 1.807) is 0 Å². The van der Waals surface area contributed by atoms with Gasteiger partial charge in [0.25, 0.3) is 0 Å². The minimum absolute atomic E-state index is 0.898. The molecule has 2 heterocycles. The minimum atomic E-state index is 0.898. The first-order valence-corrected chi connectivity index (χ1v) is 12.9. The number of furan rings is 1. The van der Waals surface area contributed by atoms with Gasteiger partial charge in [-0.15, -0.1) is 0 Å². The normalized spacial score (nSPS) is 11.7. The highest BCUT2D eigenvalue weighted by molar-refractivity contribution is 6.11. The molecule has 2 heteroatoms. The highest BCUT2D eigenvalue weighted by Gasteiger charge is 2.15. The molecule has 0 aliphatic heterocycles. The summed E-state index contributed by atoms with van der Waals surface area (Å²) >= 11 is 0. The van der Waals surface area contributed by atoms with Crippen LogP contribution in [0.2, 0.25) is 0 Å². The molecular formula is C36H23NO. The van der Waals surface area contributed by atoms with Gasteiger partial charge in [-0.1, -0.05) is 91.0 Å². The molecule has 38 heavy (non-hydrogen) atoms. The van der Waals surface area contributed by atoms with Crippen LogP contribution in [-0.4, -0.2) is 4.57 Å². The quantitative estimate of drug-likeness (QED) is 0.243. The molecule has 0 saturated carbocycles. The van der Waals surface area contributed by atoms with Gasteiger partial charge in [-0.05, 0) is 64.7 Å². The van der Waals surface area contributed by atoms with Crippen molar-refractivity contribution in [1.82, 2.24) is 4.57 Å². The first-order chi connectivity index (χ1) is 18.8. The number of rotatable bonds is 3. The second-order valence-corrected chi connectivity index (χ2v) is 9.81. The van der Waals surface area contributed by atoms with E-state index in [9.17, 15) is 0 Å². The summed E-state index contributed by atoms with van der Waals surface area (Å²) in [6.07, 6.45) is 0. The fourth-order valence-electron chi connectivity index (χ4n) is 5.78. The summed E-state index contributed by atoms with van der Waals surface area (Å²) in [6, 6.07) is 49.5. The van der Waals surface area contributed by atoms with Crippen LogP contribution < -0.4 is 0 Å². The molecule has 0 saturated heterocycles. The highest BCUT2D eigenvalue weighted by atomic mass is 16.3. The van der Waals surface area contributed by atoms with Crippen LogP contribution in [0.15, 0.2) is 144 Å². The Hall–Kier alpha value is -5.08. The van der Waals surface area contributed by atoms with E-state index >= 15 is 0 Å². The van der Waals surface area contributed by atoms with Crippen LogP contribution >= 0.6 is 0 Å². The van der Waals surface area contributed by atoms with Crippen molar-refractivity contribution >= 4 is 43.7 Å². The summed E-state index contributed by atoms with van der Waals surface area (Å²) in [5, 5.41) is 4.77. The Morgan fingerprint density at radius 3 is 1.71 bits per heavy atom. The van der Waals surface area contributed by atoms with Crippen LogP contribution in [0.3, 0.4) is 0 Å². The molecule has 8 aromatic rings. The van der Waals surface area contributed by atoms with Gasteiger partial charge in [0, 0.05) is 33.3 Å². The van der Waals surface area contributed by atoms with Crippen molar-refractivity contribution in [3.63, 3.8) is 0 Å². The molecule has 0 radical (unpaired) electrons. The van der Waals surface area contributed by atoms with Crippen molar-refractivity contribution in [3.8, 4) is 27.9 Å². The van der Waals surface area contributed by atoms with E-state index in [0.717, 1.165) is 33.2 Å². The van der Waals surface area contributed by atoms with Crippen molar-refractivity contribution in [2.24, 2.45) is 0 Å². The summed E-state index contributed by atoms with van der Waals surface area (Å²) < 4.78 is 8.79. The van der Waals surface area contributed by atoms with E-state index in [2.05, 4.69) is 138 Å². The Bertz CT molecular complexity index is 2110. The summed E-state index contributed by atoms with van der Waals surface area (Å²) in [7, 11) is 0. The highest BCUT2D eigenvalue weighted by Crippen LogP contribution is 2.37. The zero-order valence-corrected chi connectivity index (χ0v) is 20.6. The first-order valence-electron chi connectivity index (χ1n) is 12.9. The Morgan fingerprint density at radius 2 is 0.947 bits per heavy atom. The lowest BCUT2D eigenvalue weighted by Gasteiger charge is -2.08. The monoisotopic (exact) mass is 485 g/mol. The third-order valence-electron chi connectivity index (χ3n) is 7.60. The maximum Gasteiger partial charge on any atom is 0.137 e. The summed E-state index contributed by atoms with van der Waals surface area (Å²) in [6.45, 7) is 0. The summed E-state index contributed by atoms with van der Waals surface area (Å²) in [5.74, 6) is 0. The molecule has 0 aliphatic rings. The maximum atomic E-state index is 6.44. The molecule has 0 bridgehead atoms. The topological polar surface area (TPSA) is 18.1 Å². The Balaban J connectivity index is 1.32. The number of aromatic nitrogens is 1. The Labute approximate surface area is 220 Å². The minimum Gasteiger partial charge on any atom is -0.456 e. The molecule has 2 nitrogen and oxygen atoms in total. The second-order valence-electron chi connectivity index (χ2n) is 9.81. The predicted octanol–water partition coefficient (Wildman–Crippen LogP) is 10.0. The smallest absolute Gasteiger partial charge is 0.137 e. The van der Waals surface area contributed by atoms with E-state index in [4.69, 9.17) is 4.42 Å². The summed E-state index contributed by atoms with van der Waals surface area (Å²) in [4.78, 5) is 0. The standard InChI is InChI=1S/C36H23NO/c1-3-9-24(10-4-1)26-16-20-34-32(21-26)29-13-7-8-14-33(29)37(34)28-17-19-31-30-18-15-27(25-11-5-2-6-12-25)22-35(30)38-36(31)23-28/h1-23H. The number of para-hydroxylation sites is 1. The van der Waals surface area contributed by atoms with Gasteiger partial charge in [-0.25, -0.2) is 0 Å². The van der Waals surface area contributed by atoms with Crippen LogP contribution in [0.1, 0.15) is 0 Å². The van der Waals surface area contributed by atoms with Gasteiger partial charge >= 0.3 is 0 Å². The Kier molecular flexibility index (Phi) is 4.55. The molecule has 0 fully saturated rings. The van der Waals surface area contributed by atoms with Crippen molar-refractivity contribution < 1.29 is 4.42 Å². The Morgan fingerprint density at radius 1 is 0.368 bits per heavy atom. The molecule has 6 aromatic carbocycles. The first kappa shape index (κ1) is 21.0. The van der Waals surface area contributed by atoms with Crippen molar-refractivity contribution in [2.45, 2.75) is 0 Å². The SMILES string of the molecule is c1ccc(-c2ccc3c(c2)oc2cc(-n4c5ccccc5c5cc(-c6ccccc6)ccc54)ccc23)cc1. The lowest BCUT2D eigenvalue weighted by Crippen LogP contribution is -1.93. The predicted molar refractivity (Wildman–Crippen MR) is 159 cm³/mol. The van der Waals surface area contributed by atoms with E-state index in [0.29, 0.717) is 0 Å². The molecule has 0 N–H and O–H groups in total. The average molecular weight is 486 g/mol.